The molecule has 1 saturated heterocycles. The number of rotatable bonds is 4. The van der Waals surface area contributed by atoms with Crippen molar-refractivity contribution in [3.63, 3.8) is 0 Å². The summed E-state index contributed by atoms with van der Waals surface area (Å²) >= 11 is 6.94. The first-order valence-electron chi connectivity index (χ1n) is 10.9. The maximum absolute atomic E-state index is 15.0. The summed E-state index contributed by atoms with van der Waals surface area (Å²) in [4.78, 5) is 20.6. The van der Waals surface area contributed by atoms with Gasteiger partial charge in [-0.2, -0.15) is 0 Å². The van der Waals surface area contributed by atoms with Gasteiger partial charge in [0.2, 0.25) is 5.91 Å². The first kappa shape index (κ1) is 23.8. The van der Waals surface area contributed by atoms with E-state index in [1.54, 1.807) is 11.0 Å². The molecule has 0 aliphatic carbocycles. The maximum atomic E-state index is 15.0. The van der Waals surface area contributed by atoms with Gasteiger partial charge >= 0.3 is 0 Å². The fourth-order valence-electron chi connectivity index (χ4n) is 4.74. The molecule has 4 N–H and O–H groups in total. The molecule has 0 bridgehead atoms. The minimum Gasteiger partial charge on any atom is -0.384 e. The standard InChI is InChI=1S/C24H21ClF3N5OS/c1-11-2-13-5-17(26)21(35-30)7-20(13)33(11)24(34)14-9-32(10-14)23-18(27)3-12(4-19(23)28)15-8-31-22(29)6-16(15)25/h3-8,11,14H,2,9-10,30H2,1H3,(H2,29,31). The number of hydrogen-bond donors (Lipinski definition) is 2. The molecule has 2 aliphatic rings. The molecule has 182 valence electrons. The summed E-state index contributed by atoms with van der Waals surface area (Å²) in [5.74, 6) is -2.36. The normalized spacial score (nSPS) is 17.5. The minimum absolute atomic E-state index is 0.157. The monoisotopic (exact) mass is 519 g/mol. The largest absolute Gasteiger partial charge is 0.384 e. The number of hydrogen-bond acceptors (Lipinski definition) is 6. The van der Waals surface area contributed by atoms with Gasteiger partial charge in [-0.05, 0) is 66.8 Å². The van der Waals surface area contributed by atoms with Crippen molar-refractivity contribution in [3.05, 3.63) is 64.6 Å². The summed E-state index contributed by atoms with van der Waals surface area (Å²) in [6.07, 6.45) is 1.89. The first-order chi connectivity index (χ1) is 16.7. The Hall–Kier alpha value is -2.95. The van der Waals surface area contributed by atoms with Crippen LogP contribution in [0.25, 0.3) is 11.1 Å². The van der Waals surface area contributed by atoms with Crippen molar-refractivity contribution in [2.75, 3.05) is 28.6 Å². The van der Waals surface area contributed by atoms with E-state index in [0.29, 0.717) is 17.7 Å². The summed E-state index contributed by atoms with van der Waals surface area (Å²) in [5.41, 5.74) is 7.35. The van der Waals surface area contributed by atoms with E-state index in [9.17, 15) is 18.0 Å². The molecule has 11 heteroatoms. The number of anilines is 3. The lowest BCUT2D eigenvalue weighted by atomic mass is 9.96. The van der Waals surface area contributed by atoms with Gasteiger partial charge in [-0.15, -0.1) is 0 Å². The molecule has 35 heavy (non-hydrogen) atoms. The van der Waals surface area contributed by atoms with Crippen LogP contribution in [0.5, 0.6) is 0 Å². The van der Waals surface area contributed by atoms with Crippen molar-refractivity contribution in [1.82, 2.24) is 4.98 Å². The van der Waals surface area contributed by atoms with Gasteiger partial charge < -0.3 is 15.5 Å². The molecule has 1 fully saturated rings. The Kier molecular flexibility index (Phi) is 6.06. The Bertz CT molecular complexity index is 1330. The van der Waals surface area contributed by atoms with Crippen LogP contribution >= 0.6 is 23.5 Å². The Balaban J connectivity index is 1.35. The third-order valence-electron chi connectivity index (χ3n) is 6.46. The summed E-state index contributed by atoms with van der Waals surface area (Å²) in [6.45, 7) is 2.21. The van der Waals surface area contributed by atoms with E-state index in [-0.39, 0.29) is 52.0 Å². The molecular formula is C24H21ClF3N5OS. The highest BCUT2D eigenvalue weighted by Crippen LogP contribution is 2.40. The Morgan fingerprint density at radius 1 is 1.11 bits per heavy atom. The number of fused-ring (bicyclic) bond motifs is 1. The number of carbonyl (C=O) groups is 1. The topological polar surface area (TPSA) is 88.5 Å². The Morgan fingerprint density at radius 2 is 1.80 bits per heavy atom. The summed E-state index contributed by atoms with van der Waals surface area (Å²) in [5, 5.41) is 5.78. The van der Waals surface area contributed by atoms with E-state index in [1.807, 2.05) is 6.92 Å². The highest BCUT2D eigenvalue weighted by atomic mass is 35.5. The van der Waals surface area contributed by atoms with Crippen molar-refractivity contribution in [2.24, 2.45) is 11.1 Å². The molecular weight excluding hydrogens is 499 g/mol. The number of amides is 1. The van der Waals surface area contributed by atoms with Gasteiger partial charge in [-0.3, -0.25) is 9.93 Å². The average Bonchev–Trinajstić information content (AvgIpc) is 3.07. The summed E-state index contributed by atoms with van der Waals surface area (Å²) < 4.78 is 44.1. The van der Waals surface area contributed by atoms with E-state index in [2.05, 4.69) is 4.98 Å². The molecule has 1 amide bonds. The van der Waals surface area contributed by atoms with Gasteiger partial charge in [-0.25, -0.2) is 18.2 Å². The average molecular weight is 520 g/mol. The molecule has 1 aromatic heterocycles. The van der Waals surface area contributed by atoms with Gasteiger partial charge in [-0.1, -0.05) is 11.6 Å². The van der Waals surface area contributed by atoms with Gasteiger partial charge in [0.15, 0.2) is 0 Å². The molecule has 0 saturated carbocycles. The Labute approximate surface area is 209 Å². The van der Waals surface area contributed by atoms with Crippen molar-refractivity contribution >= 4 is 46.6 Å². The lowest BCUT2D eigenvalue weighted by Crippen LogP contribution is -2.56. The second-order valence-corrected chi connectivity index (χ2v) is 9.85. The minimum atomic E-state index is -0.765. The number of nitrogen functional groups attached to an aromatic ring is 1. The highest BCUT2D eigenvalue weighted by molar-refractivity contribution is 7.97. The zero-order valence-corrected chi connectivity index (χ0v) is 20.1. The number of nitrogens with two attached hydrogens (primary N) is 2. The molecule has 0 spiro atoms. The van der Waals surface area contributed by atoms with Crippen LogP contribution in [-0.4, -0.2) is 30.0 Å². The molecule has 3 aromatic rings. The predicted octanol–water partition coefficient (Wildman–Crippen LogP) is 4.78. The van der Waals surface area contributed by atoms with E-state index >= 15 is 0 Å². The van der Waals surface area contributed by atoms with Crippen LogP contribution in [0.1, 0.15) is 12.5 Å². The third-order valence-corrected chi connectivity index (χ3v) is 7.34. The predicted molar refractivity (Wildman–Crippen MR) is 132 cm³/mol. The number of halogens is 4. The van der Waals surface area contributed by atoms with Gasteiger partial charge in [0, 0.05) is 36.6 Å². The summed E-state index contributed by atoms with van der Waals surface area (Å²) in [6, 6.07) is 6.62. The van der Waals surface area contributed by atoms with Crippen molar-refractivity contribution in [1.29, 1.82) is 0 Å². The van der Waals surface area contributed by atoms with Crippen LogP contribution in [0.2, 0.25) is 5.02 Å². The summed E-state index contributed by atoms with van der Waals surface area (Å²) in [7, 11) is 0. The van der Waals surface area contributed by atoms with Gasteiger partial charge in [0.25, 0.3) is 0 Å². The van der Waals surface area contributed by atoms with E-state index < -0.39 is 23.4 Å². The second kappa shape index (κ2) is 8.92. The van der Waals surface area contributed by atoms with Crippen molar-refractivity contribution in [3.8, 4) is 11.1 Å². The SMILES string of the molecule is CC1Cc2cc(F)c(SN)cc2N1C(=O)C1CN(c2c(F)cc(-c3cnc(N)cc3Cl)cc2F)C1. The van der Waals surface area contributed by atoms with Gasteiger partial charge in [0.05, 0.1) is 15.8 Å². The van der Waals surface area contributed by atoms with Crippen molar-refractivity contribution < 1.29 is 18.0 Å². The molecule has 2 aliphatic heterocycles. The number of nitrogens with zero attached hydrogens (tertiary/aromatic N) is 3. The molecule has 6 nitrogen and oxygen atoms in total. The second-order valence-electron chi connectivity index (χ2n) is 8.77. The van der Waals surface area contributed by atoms with E-state index in [1.165, 1.54) is 35.4 Å². The van der Waals surface area contributed by atoms with E-state index in [4.69, 9.17) is 22.5 Å². The van der Waals surface area contributed by atoms with Crippen LogP contribution in [-0.2, 0) is 11.2 Å². The zero-order valence-electron chi connectivity index (χ0n) is 18.6. The maximum Gasteiger partial charge on any atom is 0.233 e. The van der Waals surface area contributed by atoms with Crippen LogP contribution in [0.15, 0.2) is 41.4 Å². The number of pyridine rings is 1. The number of carbonyl (C=O) groups excluding carboxylic acids is 1. The molecule has 0 radical (unpaired) electrons. The lowest BCUT2D eigenvalue weighted by Gasteiger charge is -2.42. The zero-order chi connectivity index (χ0) is 25.0. The fraction of sp³-hybridized carbons (Fsp3) is 0.250. The fourth-order valence-corrected chi connectivity index (χ4v) is 5.36. The van der Waals surface area contributed by atoms with Crippen molar-refractivity contribution in [2.45, 2.75) is 24.3 Å². The van der Waals surface area contributed by atoms with Crippen LogP contribution in [0, 0.1) is 23.4 Å². The van der Waals surface area contributed by atoms with Crippen LogP contribution in [0.4, 0.5) is 30.4 Å². The van der Waals surface area contributed by atoms with Crippen LogP contribution < -0.4 is 20.7 Å². The molecule has 2 aromatic carbocycles. The van der Waals surface area contributed by atoms with E-state index in [0.717, 1.165) is 17.5 Å². The molecule has 3 heterocycles. The molecule has 1 atom stereocenters. The molecule has 5 rings (SSSR count). The molecule has 1 unspecified atom stereocenters. The third kappa shape index (κ3) is 4.09. The van der Waals surface area contributed by atoms with Gasteiger partial charge in [0.1, 0.15) is 29.0 Å². The lowest BCUT2D eigenvalue weighted by molar-refractivity contribution is -0.123. The smallest absolute Gasteiger partial charge is 0.233 e. The number of aromatic nitrogens is 1. The number of benzene rings is 2. The quantitative estimate of drug-likeness (QED) is 0.482. The van der Waals surface area contributed by atoms with Crippen LogP contribution in [0.3, 0.4) is 0 Å². The first-order valence-corrected chi connectivity index (χ1v) is 12.1. The highest BCUT2D eigenvalue weighted by Gasteiger charge is 2.42. The Morgan fingerprint density at radius 3 is 2.43 bits per heavy atom.